The number of unbranched alkanes of at least 4 members (excludes halogenated alkanes) is 10. The predicted octanol–water partition coefficient (Wildman–Crippen LogP) is 0.973. The Labute approximate surface area is 149 Å². The van der Waals surface area contributed by atoms with Gasteiger partial charge in [-0.05, 0) is 25.7 Å². The molecule has 0 aromatic rings. The second kappa shape index (κ2) is 19.1. The summed E-state index contributed by atoms with van der Waals surface area (Å²) in [6, 6.07) is 0. The van der Waals surface area contributed by atoms with Crippen LogP contribution in [-0.2, 0) is 4.79 Å². The summed E-state index contributed by atoms with van der Waals surface area (Å²) >= 11 is 0. The van der Waals surface area contributed by atoms with Crippen LogP contribution in [0.15, 0.2) is 0 Å². The molecule has 1 N–H and O–H groups in total. The Morgan fingerprint density at radius 2 is 1.23 bits per heavy atom. The number of carbonyl (C=O) groups excluding carboxylic acids is 1. The minimum atomic E-state index is -0.921. The fourth-order valence-electron chi connectivity index (χ4n) is 2.65. The number of carbonyl (C=O) groups is 1. The van der Waals surface area contributed by atoms with Gasteiger partial charge in [0.25, 0.3) is 0 Å². The van der Waals surface area contributed by atoms with Crippen molar-refractivity contribution in [3.8, 4) is 0 Å². The van der Waals surface area contributed by atoms with E-state index in [1.807, 2.05) is 0 Å². The molecule has 0 fully saturated rings. The summed E-state index contributed by atoms with van der Waals surface area (Å²) in [5, 5.41) is 19.9. The predicted molar refractivity (Wildman–Crippen MR) is 85.9 cm³/mol. The second-order valence-electron chi connectivity index (χ2n) is 6.24. The molecular formula is C18H35LiO3. The average Bonchev–Trinajstić information content (AvgIpc) is 2.45. The summed E-state index contributed by atoms with van der Waals surface area (Å²) in [7, 11) is 0. The zero-order valence-corrected chi connectivity index (χ0v) is 14.9. The monoisotopic (exact) mass is 306 g/mol. The first-order chi connectivity index (χ1) is 10.2. The molecule has 22 heavy (non-hydrogen) atoms. The average molecular weight is 306 g/mol. The van der Waals surface area contributed by atoms with E-state index in [4.69, 9.17) is 0 Å². The third-order valence-corrected chi connectivity index (χ3v) is 4.06. The van der Waals surface area contributed by atoms with Gasteiger partial charge in [0.15, 0.2) is 0 Å². The van der Waals surface area contributed by atoms with Gasteiger partial charge in [-0.25, -0.2) is 0 Å². The molecule has 0 heterocycles. The minimum Gasteiger partial charge on any atom is -0.550 e. The molecule has 0 amide bonds. The molecule has 0 aliphatic carbocycles. The SMILES string of the molecule is CCCCC(O)CCCCCCCCCCCCC(=O)[O-].[Li+]. The Bertz CT molecular complexity index is 234. The van der Waals surface area contributed by atoms with Gasteiger partial charge in [-0.3, -0.25) is 0 Å². The third-order valence-electron chi connectivity index (χ3n) is 4.06. The zero-order chi connectivity index (χ0) is 15.8. The van der Waals surface area contributed by atoms with E-state index in [1.165, 1.54) is 44.9 Å². The largest absolute Gasteiger partial charge is 1.00 e. The molecule has 0 aliphatic rings. The van der Waals surface area contributed by atoms with E-state index in [9.17, 15) is 15.0 Å². The van der Waals surface area contributed by atoms with Crippen molar-refractivity contribution >= 4 is 5.97 Å². The van der Waals surface area contributed by atoms with E-state index < -0.39 is 5.97 Å². The molecule has 0 bridgehead atoms. The molecule has 0 rings (SSSR count). The van der Waals surface area contributed by atoms with Crippen LogP contribution in [0.5, 0.6) is 0 Å². The standard InChI is InChI=1S/C18H36O3.Li/c1-2-3-14-17(19)15-12-10-8-6-4-5-7-9-11-13-16-18(20)21;/h17,19H,2-16H2,1H3,(H,20,21);/q;+1/p-1. The second-order valence-corrected chi connectivity index (χ2v) is 6.24. The van der Waals surface area contributed by atoms with Crippen LogP contribution in [0.1, 0.15) is 103 Å². The summed E-state index contributed by atoms with van der Waals surface area (Å²) < 4.78 is 0. The maximum atomic E-state index is 10.2. The van der Waals surface area contributed by atoms with Gasteiger partial charge >= 0.3 is 18.9 Å². The zero-order valence-electron chi connectivity index (χ0n) is 14.9. The van der Waals surface area contributed by atoms with E-state index in [2.05, 4.69) is 6.92 Å². The van der Waals surface area contributed by atoms with Crippen LogP contribution in [0.3, 0.4) is 0 Å². The molecular weight excluding hydrogens is 271 g/mol. The van der Waals surface area contributed by atoms with Crippen molar-refractivity contribution in [1.29, 1.82) is 0 Å². The minimum absolute atomic E-state index is 0. The molecule has 4 heteroatoms. The van der Waals surface area contributed by atoms with E-state index in [0.717, 1.165) is 44.9 Å². The molecule has 0 aromatic heterocycles. The van der Waals surface area contributed by atoms with E-state index in [0.29, 0.717) is 0 Å². The van der Waals surface area contributed by atoms with Gasteiger partial charge in [0.05, 0.1) is 6.10 Å². The van der Waals surface area contributed by atoms with Crippen molar-refractivity contribution in [2.75, 3.05) is 0 Å². The van der Waals surface area contributed by atoms with Crippen LogP contribution >= 0.6 is 0 Å². The van der Waals surface area contributed by atoms with Gasteiger partial charge in [0, 0.05) is 5.97 Å². The molecule has 0 aromatic carbocycles. The summed E-state index contributed by atoms with van der Waals surface area (Å²) in [5.41, 5.74) is 0. The Hall–Kier alpha value is 0.0274. The maximum absolute atomic E-state index is 10.2. The molecule has 0 saturated heterocycles. The molecule has 3 nitrogen and oxygen atoms in total. The van der Waals surface area contributed by atoms with Crippen molar-refractivity contribution in [2.24, 2.45) is 0 Å². The summed E-state index contributed by atoms with van der Waals surface area (Å²) in [6.45, 7) is 2.16. The van der Waals surface area contributed by atoms with Crippen molar-refractivity contribution in [2.45, 2.75) is 109 Å². The number of aliphatic hydroxyl groups excluding tert-OH is 1. The van der Waals surface area contributed by atoms with Crippen LogP contribution in [0.2, 0.25) is 0 Å². The van der Waals surface area contributed by atoms with Gasteiger partial charge in [-0.1, -0.05) is 77.6 Å². The normalized spacial score (nSPS) is 11.9. The van der Waals surface area contributed by atoms with Crippen molar-refractivity contribution in [1.82, 2.24) is 0 Å². The van der Waals surface area contributed by atoms with Gasteiger partial charge < -0.3 is 15.0 Å². The number of carboxylic acids is 1. The summed E-state index contributed by atoms with van der Waals surface area (Å²) in [5.74, 6) is -0.921. The fraction of sp³-hybridized carbons (Fsp3) is 0.944. The Morgan fingerprint density at radius 1 is 0.818 bits per heavy atom. The smallest absolute Gasteiger partial charge is 0.550 e. The first-order valence-corrected chi connectivity index (χ1v) is 9.04. The first kappa shape index (κ1) is 24.3. The topological polar surface area (TPSA) is 60.4 Å². The van der Waals surface area contributed by atoms with Crippen molar-refractivity contribution in [3.63, 3.8) is 0 Å². The molecule has 1 atom stereocenters. The number of aliphatic carboxylic acids is 1. The Morgan fingerprint density at radius 3 is 1.68 bits per heavy atom. The Kier molecular flexibility index (Phi) is 21.1. The van der Waals surface area contributed by atoms with E-state index >= 15 is 0 Å². The van der Waals surface area contributed by atoms with E-state index in [-0.39, 0.29) is 31.4 Å². The van der Waals surface area contributed by atoms with E-state index in [1.54, 1.807) is 0 Å². The van der Waals surface area contributed by atoms with Crippen LogP contribution in [0, 0.1) is 0 Å². The molecule has 1 unspecified atom stereocenters. The van der Waals surface area contributed by atoms with Crippen molar-refractivity contribution < 1.29 is 33.9 Å². The molecule has 0 radical (unpaired) electrons. The summed E-state index contributed by atoms with van der Waals surface area (Å²) in [4.78, 5) is 10.2. The fourth-order valence-corrected chi connectivity index (χ4v) is 2.65. The molecule has 0 aliphatic heterocycles. The number of hydrogen-bond acceptors (Lipinski definition) is 3. The molecule has 0 saturated carbocycles. The van der Waals surface area contributed by atoms with Gasteiger partial charge in [-0.2, -0.15) is 0 Å². The Balaban J connectivity index is 0. The van der Waals surface area contributed by atoms with Gasteiger partial charge in [-0.15, -0.1) is 0 Å². The maximum Gasteiger partial charge on any atom is 1.00 e. The number of hydrogen-bond donors (Lipinski definition) is 1. The van der Waals surface area contributed by atoms with Gasteiger partial charge in [0.1, 0.15) is 0 Å². The van der Waals surface area contributed by atoms with Gasteiger partial charge in [0.2, 0.25) is 0 Å². The summed E-state index contributed by atoms with van der Waals surface area (Å²) in [6.07, 6.45) is 16.1. The third kappa shape index (κ3) is 20.0. The van der Waals surface area contributed by atoms with Crippen LogP contribution < -0.4 is 24.0 Å². The number of carboxylic acid groups (broad SMARTS) is 1. The number of rotatable bonds is 16. The van der Waals surface area contributed by atoms with Crippen molar-refractivity contribution in [3.05, 3.63) is 0 Å². The first-order valence-electron chi connectivity index (χ1n) is 9.04. The quantitative estimate of drug-likeness (QED) is 0.341. The number of aliphatic hydroxyl groups is 1. The van der Waals surface area contributed by atoms with Crippen LogP contribution in [-0.4, -0.2) is 17.2 Å². The van der Waals surface area contributed by atoms with Crippen LogP contribution in [0.4, 0.5) is 0 Å². The molecule has 126 valence electrons. The van der Waals surface area contributed by atoms with Crippen LogP contribution in [0.25, 0.3) is 0 Å². The molecule has 0 spiro atoms.